The van der Waals surface area contributed by atoms with Gasteiger partial charge in [0, 0.05) is 25.4 Å². The van der Waals surface area contributed by atoms with Crippen LogP contribution in [0.25, 0.3) is 0 Å². The summed E-state index contributed by atoms with van der Waals surface area (Å²) in [4.78, 5) is 13.2. The molecule has 1 fully saturated rings. The van der Waals surface area contributed by atoms with Gasteiger partial charge in [0.15, 0.2) is 0 Å². The average molecular weight is 264 g/mol. The highest BCUT2D eigenvalue weighted by Gasteiger charge is 2.19. The van der Waals surface area contributed by atoms with Crippen molar-refractivity contribution >= 4 is 11.8 Å². The molecule has 19 heavy (non-hydrogen) atoms. The van der Waals surface area contributed by atoms with Gasteiger partial charge >= 0.3 is 0 Å². The number of hydrogen-bond donors (Lipinski definition) is 2. The molecule has 0 radical (unpaired) electrons. The van der Waals surface area contributed by atoms with Crippen LogP contribution in [0.1, 0.15) is 18.5 Å². The van der Waals surface area contributed by atoms with Crippen molar-refractivity contribution in [1.29, 1.82) is 0 Å². The van der Waals surface area contributed by atoms with Gasteiger partial charge in [-0.2, -0.15) is 4.98 Å². The Kier molecular flexibility index (Phi) is 4.55. The van der Waals surface area contributed by atoms with E-state index in [4.69, 9.17) is 5.84 Å². The molecule has 1 aromatic rings. The summed E-state index contributed by atoms with van der Waals surface area (Å²) < 4.78 is 0. The lowest BCUT2D eigenvalue weighted by Gasteiger charge is -2.32. The molecule has 2 heterocycles. The van der Waals surface area contributed by atoms with E-state index in [1.165, 1.54) is 25.9 Å². The fourth-order valence-electron chi connectivity index (χ4n) is 2.54. The number of aromatic nitrogens is 2. The van der Waals surface area contributed by atoms with Gasteiger partial charge in [0.25, 0.3) is 0 Å². The van der Waals surface area contributed by atoms with E-state index in [1.807, 2.05) is 13.0 Å². The predicted octanol–water partition coefficient (Wildman–Crippen LogP) is 0.849. The number of nitrogen functional groups attached to an aromatic ring is 1. The van der Waals surface area contributed by atoms with E-state index in [-0.39, 0.29) is 0 Å². The fourth-order valence-corrected chi connectivity index (χ4v) is 2.54. The summed E-state index contributed by atoms with van der Waals surface area (Å²) in [6.45, 7) is 5.37. The van der Waals surface area contributed by atoms with Crippen LogP contribution in [0.5, 0.6) is 0 Å². The summed E-state index contributed by atoms with van der Waals surface area (Å²) in [7, 11) is 4.27. The van der Waals surface area contributed by atoms with E-state index in [0.29, 0.717) is 5.95 Å². The fraction of sp³-hybridized carbons (Fsp3) is 0.692. The first-order chi connectivity index (χ1) is 9.08. The first-order valence-electron chi connectivity index (χ1n) is 6.80. The lowest BCUT2D eigenvalue weighted by molar-refractivity contribution is 0.222. The van der Waals surface area contributed by atoms with Crippen molar-refractivity contribution in [3.05, 3.63) is 11.8 Å². The summed E-state index contributed by atoms with van der Waals surface area (Å²) in [5.41, 5.74) is 3.44. The van der Waals surface area contributed by atoms with Crippen LogP contribution in [-0.2, 0) is 0 Å². The maximum atomic E-state index is 5.39. The van der Waals surface area contributed by atoms with Gasteiger partial charge in [0.1, 0.15) is 5.82 Å². The molecule has 0 bridgehead atoms. The van der Waals surface area contributed by atoms with Crippen molar-refractivity contribution in [3.63, 3.8) is 0 Å². The highest BCUT2D eigenvalue weighted by Crippen LogP contribution is 2.20. The van der Waals surface area contributed by atoms with Crippen LogP contribution < -0.4 is 16.2 Å². The molecule has 6 heteroatoms. The van der Waals surface area contributed by atoms with E-state index in [9.17, 15) is 0 Å². The smallest absolute Gasteiger partial charge is 0.239 e. The summed E-state index contributed by atoms with van der Waals surface area (Å²) in [6, 6.07) is 2.00. The maximum Gasteiger partial charge on any atom is 0.239 e. The van der Waals surface area contributed by atoms with Crippen LogP contribution in [0.4, 0.5) is 11.8 Å². The number of aryl methyl sites for hydroxylation is 1. The van der Waals surface area contributed by atoms with Gasteiger partial charge in [-0.05, 0) is 45.8 Å². The van der Waals surface area contributed by atoms with Crippen molar-refractivity contribution in [2.24, 2.45) is 11.8 Å². The number of piperidine rings is 1. The zero-order valence-electron chi connectivity index (χ0n) is 12.1. The van der Waals surface area contributed by atoms with Crippen LogP contribution in [0.2, 0.25) is 0 Å². The molecule has 106 valence electrons. The monoisotopic (exact) mass is 264 g/mol. The maximum absolute atomic E-state index is 5.39. The second kappa shape index (κ2) is 6.16. The summed E-state index contributed by atoms with van der Waals surface area (Å²) in [5.74, 6) is 7.54. The number of likely N-dealkylation sites (tertiary alicyclic amines) is 1. The molecule has 1 aromatic heterocycles. The third-order valence-electron chi connectivity index (χ3n) is 3.73. The number of anilines is 2. The van der Waals surface area contributed by atoms with E-state index < -0.39 is 0 Å². The number of nitrogens with zero attached hydrogens (tertiary/aromatic N) is 4. The standard InChI is InChI=1S/C13H24N6/c1-10-8-12(16-13(15-10)17-14)19(3)9-11-4-6-18(2)7-5-11/h8,11H,4-7,9,14H2,1-3H3,(H,15,16,17). The Labute approximate surface area is 115 Å². The second-order valence-corrected chi connectivity index (χ2v) is 5.46. The molecule has 1 aliphatic rings. The molecule has 2 rings (SSSR count). The normalized spacial score (nSPS) is 17.5. The van der Waals surface area contributed by atoms with Gasteiger partial charge in [0.2, 0.25) is 5.95 Å². The van der Waals surface area contributed by atoms with Gasteiger partial charge in [-0.15, -0.1) is 0 Å². The van der Waals surface area contributed by atoms with Gasteiger partial charge in [-0.3, -0.25) is 5.43 Å². The van der Waals surface area contributed by atoms with Crippen LogP contribution in [0.15, 0.2) is 6.07 Å². The second-order valence-electron chi connectivity index (χ2n) is 5.46. The molecule has 0 aliphatic carbocycles. The molecular formula is C13H24N6. The summed E-state index contributed by atoms with van der Waals surface area (Å²) in [5, 5.41) is 0. The van der Waals surface area contributed by atoms with Crippen molar-refractivity contribution < 1.29 is 0 Å². The van der Waals surface area contributed by atoms with Gasteiger partial charge in [0.05, 0.1) is 0 Å². The Balaban J connectivity index is 1.99. The zero-order valence-corrected chi connectivity index (χ0v) is 12.1. The topological polar surface area (TPSA) is 70.3 Å². The quantitative estimate of drug-likeness (QED) is 0.620. The minimum atomic E-state index is 0.477. The minimum Gasteiger partial charge on any atom is -0.359 e. The third-order valence-corrected chi connectivity index (χ3v) is 3.73. The first kappa shape index (κ1) is 14.0. The van der Waals surface area contributed by atoms with E-state index in [1.54, 1.807) is 0 Å². The lowest BCUT2D eigenvalue weighted by Crippen LogP contribution is -2.36. The largest absolute Gasteiger partial charge is 0.359 e. The number of hydrogen-bond acceptors (Lipinski definition) is 6. The lowest BCUT2D eigenvalue weighted by atomic mass is 9.97. The first-order valence-corrected chi connectivity index (χ1v) is 6.80. The Morgan fingerprint density at radius 1 is 1.42 bits per heavy atom. The number of rotatable bonds is 4. The molecule has 3 N–H and O–H groups in total. The van der Waals surface area contributed by atoms with Crippen LogP contribution >= 0.6 is 0 Å². The highest BCUT2D eigenvalue weighted by molar-refractivity contribution is 5.43. The molecule has 0 unspecified atom stereocenters. The van der Waals surface area contributed by atoms with Crippen molar-refractivity contribution in [2.45, 2.75) is 19.8 Å². The molecule has 6 nitrogen and oxygen atoms in total. The molecule has 0 spiro atoms. The number of nitrogens with one attached hydrogen (secondary N) is 1. The van der Waals surface area contributed by atoms with Crippen molar-refractivity contribution in [1.82, 2.24) is 14.9 Å². The molecular weight excluding hydrogens is 240 g/mol. The SMILES string of the molecule is Cc1cc(N(C)CC2CCN(C)CC2)nc(NN)n1. The van der Waals surface area contributed by atoms with Crippen LogP contribution in [0, 0.1) is 12.8 Å². The van der Waals surface area contributed by atoms with E-state index >= 15 is 0 Å². The molecule has 0 saturated carbocycles. The molecule has 0 amide bonds. The summed E-state index contributed by atoms with van der Waals surface area (Å²) >= 11 is 0. The Morgan fingerprint density at radius 3 is 2.74 bits per heavy atom. The number of hydrazine groups is 1. The van der Waals surface area contributed by atoms with Gasteiger partial charge in [-0.1, -0.05) is 0 Å². The van der Waals surface area contributed by atoms with Gasteiger partial charge in [-0.25, -0.2) is 10.8 Å². The van der Waals surface area contributed by atoms with E-state index in [2.05, 4.69) is 39.3 Å². The van der Waals surface area contributed by atoms with Gasteiger partial charge < -0.3 is 9.80 Å². The molecule has 1 aliphatic heterocycles. The molecule has 0 atom stereocenters. The van der Waals surface area contributed by atoms with Crippen LogP contribution in [0.3, 0.4) is 0 Å². The minimum absolute atomic E-state index is 0.477. The third kappa shape index (κ3) is 3.78. The molecule has 0 aromatic carbocycles. The van der Waals surface area contributed by atoms with Crippen molar-refractivity contribution in [2.75, 3.05) is 44.1 Å². The average Bonchev–Trinajstić information content (AvgIpc) is 2.40. The number of nitrogens with two attached hydrogens (primary N) is 1. The Bertz CT molecular complexity index is 414. The van der Waals surface area contributed by atoms with Crippen molar-refractivity contribution in [3.8, 4) is 0 Å². The molecule has 1 saturated heterocycles. The zero-order chi connectivity index (χ0) is 13.8. The summed E-state index contributed by atoms with van der Waals surface area (Å²) in [6.07, 6.45) is 2.51. The Morgan fingerprint density at radius 2 is 2.11 bits per heavy atom. The predicted molar refractivity (Wildman–Crippen MR) is 78.1 cm³/mol. The van der Waals surface area contributed by atoms with Crippen LogP contribution in [-0.4, -0.2) is 48.6 Å². The Hall–Kier alpha value is -1.40. The highest BCUT2D eigenvalue weighted by atomic mass is 15.3. The van der Waals surface area contributed by atoms with E-state index in [0.717, 1.165) is 24.0 Å².